The summed E-state index contributed by atoms with van der Waals surface area (Å²) in [5.41, 5.74) is 0.952. The molecular weight excluding hydrogens is 302 g/mol. The summed E-state index contributed by atoms with van der Waals surface area (Å²) >= 11 is 11.6. The van der Waals surface area contributed by atoms with Gasteiger partial charge in [-0.15, -0.1) is 0 Å². The lowest BCUT2D eigenvalue weighted by molar-refractivity contribution is 0.190. The first-order chi connectivity index (χ1) is 9.47. The Labute approximate surface area is 126 Å². The highest BCUT2D eigenvalue weighted by Gasteiger charge is 2.11. The van der Waals surface area contributed by atoms with E-state index in [-0.39, 0.29) is 6.61 Å². The van der Waals surface area contributed by atoms with E-state index in [1.165, 1.54) is 6.07 Å². The van der Waals surface area contributed by atoms with E-state index in [9.17, 15) is 9.50 Å². The minimum atomic E-state index is -0.723. The van der Waals surface area contributed by atoms with Gasteiger partial charge in [-0.3, -0.25) is 0 Å². The second kappa shape index (κ2) is 6.44. The SMILES string of the molecule is C[C@@H](O)c1cc(Cl)ccc1OCc1ccc(Cl)cc1F. The van der Waals surface area contributed by atoms with E-state index in [2.05, 4.69) is 0 Å². The number of aliphatic hydroxyl groups excluding tert-OH is 1. The summed E-state index contributed by atoms with van der Waals surface area (Å²) in [5, 5.41) is 10.5. The van der Waals surface area contributed by atoms with Gasteiger partial charge in [-0.1, -0.05) is 29.3 Å². The largest absolute Gasteiger partial charge is 0.488 e. The Hall–Kier alpha value is -1.29. The van der Waals surface area contributed by atoms with Crippen LogP contribution in [0.4, 0.5) is 4.39 Å². The molecule has 1 N–H and O–H groups in total. The highest BCUT2D eigenvalue weighted by molar-refractivity contribution is 6.30. The minimum absolute atomic E-state index is 0.0460. The summed E-state index contributed by atoms with van der Waals surface area (Å²) in [7, 11) is 0. The van der Waals surface area contributed by atoms with Crippen LogP contribution >= 0.6 is 23.2 Å². The van der Waals surface area contributed by atoms with Crippen molar-refractivity contribution < 1.29 is 14.2 Å². The lowest BCUT2D eigenvalue weighted by Gasteiger charge is -2.14. The molecular formula is C15H13Cl2FO2. The van der Waals surface area contributed by atoms with Crippen molar-refractivity contribution in [2.24, 2.45) is 0 Å². The van der Waals surface area contributed by atoms with Gasteiger partial charge in [0.25, 0.3) is 0 Å². The van der Waals surface area contributed by atoms with Crippen LogP contribution in [0.1, 0.15) is 24.2 Å². The van der Waals surface area contributed by atoms with E-state index < -0.39 is 11.9 Å². The summed E-state index contributed by atoms with van der Waals surface area (Å²) < 4.78 is 19.2. The Morgan fingerprint density at radius 3 is 2.45 bits per heavy atom. The maximum atomic E-state index is 13.6. The minimum Gasteiger partial charge on any atom is -0.488 e. The van der Waals surface area contributed by atoms with Crippen molar-refractivity contribution in [1.29, 1.82) is 0 Å². The topological polar surface area (TPSA) is 29.5 Å². The first-order valence-corrected chi connectivity index (χ1v) is 6.77. The fourth-order valence-corrected chi connectivity index (χ4v) is 2.11. The molecule has 2 rings (SSSR count). The molecule has 0 aliphatic rings. The van der Waals surface area contributed by atoms with E-state index in [0.29, 0.717) is 26.9 Å². The van der Waals surface area contributed by atoms with E-state index >= 15 is 0 Å². The monoisotopic (exact) mass is 314 g/mol. The zero-order chi connectivity index (χ0) is 14.7. The van der Waals surface area contributed by atoms with Crippen LogP contribution in [-0.2, 0) is 6.61 Å². The molecule has 0 saturated carbocycles. The summed E-state index contributed by atoms with van der Waals surface area (Å²) in [6.45, 7) is 1.66. The van der Waals surface area contributed by atoms with Gasteiger partial charge in [-0.05, 0) is 37.3 Å². The normalized spacial score (nSPS) is 12.2. The molecule has 2 aromatic rings. The van der Waals surface area contributed by atoms with Gasteiger partial charge in [0.1, 0.15) is 18.2 Å². The van der Waals surface area contributed by atoms with Crippen molar-refractivity contribution in [1.82, 2.24) is 0 Å². The first-order valence-electron chi connectivity index (χ1n) is 6.01. The lowest BCUT2D eigenvalue weighted by atomic mass is 10.1. The van der Waals surface area contributed by atoms with Crippen LogP contribution in [0, 0.1) is 5.82 Å². The van der Waals surface area contributed by atoms with Crippen molar-refractivity contribution in [3.63, 3.8) is 0 Å². The van der Waals surface area contributed by atoms with Gasteiger partial charge >= 0.3 is 0 Å². The Morgan fingerprint density at radius 1 is 1.15 bits per heavy atom. The van der Waals surface area contributed by atoms with Crippen molar-refractivity contribution in [2.45, 2.75) is 19.6 Å². The smallest absolute Gasteiger partial charge is 0.131 e. The van der Waals surface area contributed by atoms with Crippen LogP contribution in [0.25, 0.3) is 0 Å². The van der Waals surface area contributed by atoms with E-state index in [0.717, 1.165) is 0 Å². The molecule has 0 spiro atoms. The molecule has 5 heteroatoms. The van der Waals surface area contributed by atoms with Gasteiger partial charge in [0.05, 0.1) is 6.10 Å². The molecule has 0 saturated heterocycles. The van der Waals surface area contributed by atoms with Gasteiger partial charge in [-0.2, -0.15) is 0 Å². The van der Waals surface area contributed by atoms with Crippen LogP contribution in [0.2, 0.25) is 10.0 Å². The Bertz CT molecular complexity index is 615. The fraction of sp³-hybridized carbons (Fsp3) is 0.200. The van der Waals surface area contributed by atoms with Crippen LogP contribution in [0.3, 0.4) is 0 Å². The molecule has 0 aliphatic heterocycles. The second-order valence-electron chi connectivity index (χ2n) is 4.38. The molecule has 2 nitrogen and oxygen atoms in total. The van der Waals surface area contributed by atoms with Gasteiger partial charge in [0.2, 0.25) is 0 Å². The van der Waals surface area contributed by atoms with Gasteiger partial charge in [0.15, 0.2) is 0 Å². The summed E-state index contributed by atoms with van der Waals surface area (Å²) in [6.07, 6.45) is -0.723. The van der Waals surface area contributed by atoms with Gasteiger partial charge < -0.3 is 9.84 Å². The van der Waals surface area contributed by atoms with Gasteiger partial charge in [0, 0.05) is 21.2 Å². The average molecular weight is 315 g/mol. The lowest BCUT2D eigenvalue weighted by Crippen LogP contribution is -2.02. The number of rotatable bonds is 4. The third kappa shape index (κ3) is 3.63. The molecule has 0 fully saturated rings. The molecule has 2 aromatic carbocycles. The van der Waals surface area contributed by atoms with Crippen LogP contribution < -0.4 is 4.74 Å². The van der Waals surface area contributed by atoms with Crippen molar-refractivity contribution >= 4 is 23.2 Å². The highest BCUT2D eigenvalue weighted by atomic mass is 35.5. The number of hydrogen-bond donors (Lipinski definition) is 1. The average Bonchev–Trinajstić information content (AvgIpc) is 2.38. The maximum Gasteiger partial charge on any atom is 0.131 e. The van der Waals surface area contributed by atoms with Crippen LogP contribution in [0.5, 0.6) is 5.75 Å². The highest BCUT2D eigenvalue weighted by Crippen LogP contribution is 2.29. The molecule has 106 valence electrons. The third-order valence-corrected chi connectivity index (χ3v) is 3.29. The number of benzene rings is 2. The Kier molecular flexibility index (Phi) is 4.86. The van der Waals surface area contributed by atoms with Crippen LogP contribution in [-0.4, -0.2) is 5.11 Å². The van der Waals surface area contributed by atoms with Gasteiger partial charge in [-0.25, -0.2) is 4.39 Å². The van der Waals surface area contributed by atoms with Crippen molar-refractivity contribution in [2.75, 3.05) is 0 Å². The summed E-state index contributed by atoms with van der Waals surface area (Å²) in [5.74, 6) is 0.0452. The zero-order valence-electron chi connectivity index (χ0n) is 10.7. The molecule has 0 heterocycles. The van der Waals surface area contributed by atoms with Crippen LogP contribution in [0.15, 0.2) is 36.4 Å². The van der Waals surface area contributed by atoms with Crippen molar-refractivity contribution in [3.8, 4) is 5.75 Å². The molecule has 0 radical (unpaired) electrons. The first kappa shape index (κ1) is 15.1. The summed E-state index contributed by atoms with van der Waals surface area (Å²) in [4.78, 5) is 0. The maximum absolute atomic E-state index is 13.6. The Balaban J connectivity index is 2.18. The molecule has 0 aliphatic carbocycles. The van der Waals surface area contributed by atoms with E-state index in [4.69, 9.17) is 27.9 Å². The fourth-order valence-electron chi connectivity index (χ4n) is 1.77. The van der Waals surface area contributed by atoms with Crippen molar-refractivity contribution in [3.05, 3.63) is 63.4 Å². The molecule has 0 aromatic heterocycles. The summed E-state index contributed by atoms with van der Waals surface area (Å²) in [6, 6.07) is 9.33. The number of hydrogen-bond acceptors (Lipinski definition) is 2. The zero-order valence-corrected chi connectivity index (χ0v) is 12.2. The number of halogens is 3. The Morgan fingerprint density at radius 2 is 1.80 bits per heavy atom. The molecule has 0 bridgehead atoms. The third-order valence-electron chi connectivity index (χ3n) is 2.82. The number of aliphatic hydroxyl groups is 1. The standard InChI is InChI=1S/C15H13Cl2FO2/c1-9(19)13-6-11(16)4-5-15(13)20-8-10-2-3-12(17)7-14(10)18/h2-7,9,19H,8H2,1H3/t9-/m1/s1. The van der Waals surface area contributed by atoms with E-state index in [1.807, 2.05) is 0 Å². The predicted octanol–water partition coefficient (Wildman–Crippen LogP) is 4.76. The molecule has 0 amide bonds. The molecule has 0 unspecified atom stereocenters. The molecule has 1 atom stereocenters. The second-order valence-corrected chi connectivity index (χ2v) is 5.26. The quantitative estimate of drug-likeness (QED) is 0.881. The van der Waals surface area contributed by atoms with E-state index in [1.54, 1.807) is 37.3 Å². The predicted molar refractivity (Wildman–Crippen MR) is 77.8 cm³/mol. The molecule has 20 heavy (non-hydrogen) atoms. The number of ether oxygens (including phenoxy) is 1.